The number of carbonyl (C=O) groups is 1. The summed E-state index contributed by atoms with van der Waals surface area (Å²) in [4.78, 5) is 11.7. The summed E-state index contributed by atoms with van der Waals surface area (Å²) in [5, 5.41) is 2.63. The van der Waals surface area contributed by atoms with Gasteiger partial charge in [0.1, 0.15) is 6.61 Å². The fourth-order valence-electron chi connectivity index (χ4n) is 2.17. The van der Waals surface area contributed by atoms with E-state index in [9.17, 15) is 9.18 Å². The quantitative estimate of drug-likeness (QED) is 0.663. The Balaban J connectivity index is 1.40. The molecule has 1 N–H and O–H groups in total. The van der Waals surface area contributed by atoms with Crippen LogP contribution in [0.3, 0.4) is 0 Å². The number of rotatable bonds is 5. The van der Waals surface area contributed by atoms with Crippen LogP contribution in [0.5, 0.6) is 17.2 Å². The molecule has 0 saturated heterocycles. The van der Waals surface area contributed by atoms with Gasteiger partial charge in [-0.15, -0.1) is 0 Å². The number of hydrogen-bond acceptors (Lipinski definition) is 4. The first-order valence-electron chi connectivity index (χ1n) is 7.91. The van der Waals surface area contributed by atoms with Gasteiger partial charge in [0.2, 0.25) is 12.7 Å². The molecule has 1 aliphatic heterocycles. The molecule has 0 atom stereocenters. The molecule has 1 aliphatic rings. The molecule has 0 fully saturated rings. The SMILES string of the molecule is O=C(/C=C/c1ccc2c(c1)OCO2)NCC#CCOc1ccccc1F. The van der Waals surface area contributed by atoms with Crippen molar-refractivity contribution in [2.75, 3.05) is 19.9 Å². The van der Waals surface area contributed by atoms with Crippen molar-refractivity contribution in [1.29, 1.82) is 0 Å². The second kappa shape index (κ2) is 8.58. The van der Waals surface area contributed by atoms with Gasteiger partial charge >= 0.3 is 0 Å². The smallest absolute Gasteiger partial charge is 0.244 e. The highest BCUT2D eigenvalue weighted by atomic mass is 19.1. The molecule has 0 unspecified atom stereocenters. The zero-order valence-electron chi connectivity index (χ0n) is 13.8. The van der Waals surface area contributed by atoms with E-state index >= 15 is 0 Å². The third-order valence-electron chi connectivity index (χ3n) is 3.44. The van der Waals surface area contributed by atoms with Crippen LogP contribution in [0, 0.1) is 17.7 Å². The van der Waals surface area contributed by atoms with Crippen LogP contribution in [0.4, 0.5) is 4.39 Å². The monoisotopic (exact) mass is 353 g/mol. The van der Waals surface area contributed by atoms with E-state index < -0.39 is 5.82 Å². The van der Waals surface area contributed by atoms with E-state index in [1.165, 1.54) is 18.2 Å². The van der Waals surface area contributed by atoms with Gasteiger partial charge in [0.05, 0.1) is 6.54 Å². The van der Waals surface area contributed by atoms with Gasteiger partial charge in [-0.05, 0) is 35.9 Å². The third kappa shape index (κ3) is 4.77. The number of amides is 1. The van der Waals surface area contributed by atoms with Crippen LogP contribution in [0.2, 0.25) is 0 Å². The Morgan fingerprint density at radius 2 is 2.04 bits per heavy atom. The zero-order valence-corrected chi connectivity index (χ0v) is 13.8. The molecule has 0 aliphatic carbocycles. The molecule has 5 nitrogen and oxygen atoms in total. The fourth-order valence-corrected chi connectivity index (χ4v) is 2.17. The molecule has 0 saturated carbocycles. The Morgan fingerprint density at radius 1 is 1.19 bits per heavy atom. The van der Waals surface area contributed by atoms with Crippen molar-refractivity contribution in [2.24, 2.45) is 0 Å². The lowest BCUT2D eigenvalue weighted by Crippen LogP contribution is -2.21. The standard InChI is InChI=1S/C20H16FNO4/c21-16-5-1-2-6-17(16)24-12-4-3-11-22-20(23)10-8-15-7-9-18-19(13-15)26-14-25-18/h1-2,5-10,13H,11-12,14H2,(H,22,23)/b10-8+. The molecular weight excluding hydrogens is 337 g/mol. The number of halogens is 1. The van der Waals surface area contributed by atoms with Crippen molar-refractivity contribution in [3.63, 3.8) is 0 Å². The minimum Gasteiger partial charge on any atom is -0.478 e. The van der Waals surface area contributed by atoms with Gasteiger partial charge in [-0.1, -0.05) is 30.0 Å². The van der Waals surface area contributed by atoms with Gasteiger partial charge in [0, 0.05) is 6.08 Å². The molecule has 2 aromatic rings. The molecule has 2 aromatic carbocycles. The molecule has 26 heavy (non-hydrogen) atoms. The predicted octanol–water partition coefficient (Wildman–Crippen LogP) is 2.77. The summed E-state index contributed by atoms with van der Waals surface area (Å²) in [5.74, 6) is 6.25. The number of carbonyl (C=O) groups excluding carboxylic acids is 1. The van der Waals surface area contributed by atoms with Crippen molar-refractivity contribution in [1.82, 2.24) is 5.32 Å². The van der Waals surface area contributed by atoms with E-state index in [1.54, 1.807) is 30.3 Å². The van der Waals surface area contributed by atoms with Crippen LogP contribution in [0.15, 0.2) is 48.5 Å². The molecule has 0 radical (unpaired) electrons. The van der Waals surface area contributed by atoms with Gasteiger partial charge in [-0.3, -0.25) is 4.79 Å². The fraction of sp³-hybridized carbons (Fsp3) is 0.150. The number of benzene rings is 2. The summed E-state index contributed by atoms with van der Waals surface area (Å²) in [6, 6.07) is 11.5. The van der Waals surface area contributed by atoms with Crippen molar-refractivity contribution >= 4 is 12.0 Å². The molecule has 1 heterocycles. The molecular formula is C20H16FNO4. The van der Waals surface area contributed by atoms with E-state index in [2.05, 4.69) is 17.2 Å². The molecule has 3 rings (SSSR count). The zero-order chi connectivity index (χ0) is 18.2. The summed E-state index contributed by atoms with van der Waals surface area (Å²) in [6.07, 6.45) is 3.08. The lowest BCUT2D eigenvalue weighted by Gasteiger charge is -2.01. The molecule has 1 amide bonds. The second-order valence-corrected chi connectivity index (χ2v) is 5.24. The number of hydrogen-bond donors (Lipinski definition) is 1. The molecule has 0 spiro atoms. The van der Waals surface area contributed by atoms with E-state index in [1.807, 2.05) is 6.07 Å². The summed E-state index contributed by atoms with van der Waals surface area (Å²) < 4.78 is 29.0. The summed E-state index contributed by atoms with van der Waals surface area (Å²) in [7, 11) is 0. The number of ether oxygens (including phenoxy) is 3. The highest BCUT2D eigenvalue weighted by Gasteiger charge is 2.12. The summed E-state index contributed by atoms with van der Waals surface area (Å²) in [6.45, 7) is 0.428. The number of nitrogens with one attached hydrogen (secondary N) is 1. The van der Waals surface area contributed by atoms with Gasteiger partial charge in [0.15, 0.2) is 23.1 Å². The summed E-state index contributed by atoms with van der Waals surface area (Å²) in [5.41, 5.74) is 0.828. The van der Waals surface area contributed by atoms with Crippen molar-refractivity contribution in [2.45, 2.75) is 0 Å². The van der Waals surface area contributed by atoms with Gasteiger partial charge < -0.3 is 19.5 Å². The minimum atomic E-state index is -0.434. The minimum absolute atomic E-state index is 0.0455. The molecule has 6 heteroatoms. The first-order valence-corrected chi connectivity index (χ1v) is 7.91. The van der Waals surface area contributed by atoms with Gasteiger partial charge in [-0.2, -0.15) is 0 Å². The molecule has 0 aromatic heterocycles. The van der Waals surface area contributed by atoms with Crippen molar-refractivity contribution in [3.05, 3.63) is 59.9 Å². The maximum atomic E-state index is 13.3. The Bertz CT molecular complexity index is 883. The van der Waals surface area contributed by atoms with E-state index in [4.69, 9.17) is 14.2 Å². The van der Waals surface area contributed by atoms with Crippen LogP contribution < -0.4 is 19.5 Å². The van der Waals surface area contributed by atoms with Crippen molar-refractivity contribution in [3.8, 4) is 29.1 Å². The lowest BCUT2D eigenvalue weighted by atomic mass is 10.2. The highest BCUT2D eigenvalue weighted by molar-refractivity contribution is 5.91. The van der Waals surface area contributed by atoms with Gasteiger partial charge in [0.25, 0.3) is 0 Å². The largest absolute Gasteiger partial charge is 0.478 e. The van der Waals surface area contributed by atoms with Crippen LogP contribution in [0.25, 0.3) is 6.08 Å². The Morgan fingerprint density at radius 3 is 2.92 bits per heavy atom. The first kappa shape index (κ1) is 17.4. The topological polar surface area (TPSA) is 56.8 Å². The average molecular weight is 353 g/mol. The average Bonchev–Trinajstić information content (AvgIpc) is 3.12. The maximum Gasteiger partial charge on any atom is 0.244 e. The predicted molar refractivity (Wildman–Crippen MR) is 94.3 cm³/mol. The normalized spacial score (nSPS) is 11.7. The first-order chi connectivity index (χ1) is 12.7. The molecule has 132 valence electrons. The van der Waals surface area contributed by atoms with E-state index in [-0.39, 0.29) is 31.6 Å². The maximum absolute atomic E-state index is 13.3. The van der Waals surface area contributed by atoms with Crippen LogP contribution in [-0.4, -0.2) is 25.9 Å². The van der Waals surface area contributed by atoms with E-state index in [0.29, 0.717) is 11.5 Å². The Labute approximate surface area is 150 Å². The highest BCUT2D eigenvalue weighted by Crippen LogP contribution is 2.32. The van der Waals surface area contributed by atoms with E-state index in [0.717, 1.165) is 5.56 Å². The van der Waals surface area contributed by atoms with Crippen LogP contribution >= 0.6 is 0 Å². The number of fused-ring (bicyclic) bond motifs is 1. The second-order valence-electron chi connectivity index (χ2n) is 5.24. The third-order valence-corrected chi connectivity index (χ3v) is 3.44. The van der Waals surface area contributed by atoms with Gasteiger partial charge in [-0.25, -0.2) is 4.39 Å². The van der Waals surface area contributed by atoms with Crippen LogP contribution in [-0.2, 0) is 4.79 Å². The van der Waals surface area contributed by atoms with Crippen LogP contribution in [0.1, 0.15) is 5.56 Å². The Kier molecular flexibility index (Phi) is 5.73. The number of para-hydroxylation sites is 1. The molecule has 0 bridgehead atoms. The summed E-state index contributed by atoms with van der Waals surface area (Å²) >= 11 is 0. The van der Waals surface area contributed by atoms with Crippen molar-refractivity contribution < 1.29 is 23.4 Å². The lowest BCUT2D eigenvalue weighted by molar-refractivity contribution is -0.116. The Hall–Kier alpha value is -3.46.